The monoisotopic (exact) mass is 491 g/mol. The molecule has 1 aliphatic carbocycles. The summed E-state index contributed by atoms with van der Waals surface area (Å²) in [6, 6.07) is 17.9. The molecule has 3 aliphatic rings. The van der Waals surface area contributed by atoms with Crippen molar-refractivity contribution in [2.45, 2.75) is 46.3 Å². The fraction of sp³-hybridized carbons (Fsp3) is 0.375. The fourth-order valence-corrected chi connectivity index (χ4v) is 5.52. The van der Waals surface area contributed by atoms with E-state index in [1.54, 1.807) is 0 Å². The second kappa shape index (κ2) is 11.7. The topological polar surface area (TPSA) is 63.4 Å². The maximum Gasteiger partial charge on any atom is 0.0988 e. The first kappa shape index (κ1) is 25.2. The first-order chi connectivity index (χ1) is 18.1. The van der Waals surface area contributed by atoms with E-state index in [-0.39, 0.29) is 0 Å². The van der Waals surface area contributed by atoms with Crippen LogP contribution in [0.3, 0.4) is 0 Å². The molecule has 0 spiro atoms. The standard InChI is InChI=1S/C32H37N5/c1-3-37-14-13-27-8-9-29(17-28(27)22-37)35-20-26-6-4-5-25(16-26)19-34-21-30-10-11-31-23(2)15-24(18-33)7-12-32(31)36-30/h4-10,12,15-17,23,31,34-35H,3,11,13-14,19-22H2,1-2H3. The van der Waals surface area contributed by atoms with Crippen LogP contribution in [0.5, 0.6) is 0 Å². The highest BCUT2D eigenvalue weighted by molar-refractivity contribution is 5.99. The zero-order chi connectivity index (χ0) is 25.6. The predicted octanol–water partition coefficient (Wildman–Crippen LogP) is 5.77. The smallest absolute Gasteiger partial charge is 0.0988 e. The fourth-order valence-electron chi connectivity index (χ4n) is 5.52. The average molecular weight is 492 g/mol. The van der Waals surface area contributed by atoms with Crippen molar-refractivity contribution in [2.75, 3.05) is 25.0 Å². The van der Waals surface area contributed by atoms with Crippen molar-refractivity contribution >= 4 is 11.4 Å². The van der Waals surface area contributed by atoms with Crippen molar-refractivity contribution in [1.29, 1.82) is 5.26 Å². The van der Waals surface area contributed by atoms with Crippen LogP contribution in [0.1, 0.15) is 42.5 Å². The lowest BCUT2D eigenvalue weighted by atomic mass is 9.85. The second-order valence-electron chi connectivity index (χ2n) is 10.4. The third-order valence-electron chi connectivity index (χ3n) is 7.77. The molecular weight excluding hydrogens is 454 g/mol. The highest BCUT2D eigenvalue weighted by atomic mass is 15.1. The largest absolute Gasteiger partial charge is 0.381 e. The van der Waals surface area contributed by atoms with Crippen LogP contribution in [0.4, 0.5) is 5.69 Å². The first-order valence-electron chi connectivity index (χ1n) is 13.6. The molecule has 0 saturated heterocycles. The van der Waals surface area contributed by atoms with Gasteiger partial charge in [-0.05, 0) is 71.8 Å². The van der Waals surface area contributed by atoms with Gasteiger partial charge in [-0.25, -0.2) is 0 Å². The summed E-state index contributed by atoms with van der Waals surface area (Å²) in [6.07, 6.45) is 10.3. The molecule has 2 unspecified atom stereocenters. The van der Waals surface area contributed by atoms with Gasteiger partial charge in [0.1, 0.15) is 0 Å². The van der Waals surface area contributed by atoms with Crippen LogP contribution in [0.15, 0.2) is 83.0 Å². The zero-order valence-electron chi connectivity index (χ0n) is 22.0. The van der Waals surface area contributed by atoms with Crippen LogP contribution in [0.25, 0.3) is 0 Å². The van der Waals surface area contributed by atoms with E-state index in [0.29, 0.717) is 11.8 Å². The molecule has 0 saturated carbocycles. The summed E-state index contributed by atoms with van der Waals surface area (Å²) < 4.78 is 0. The number of likely N-dealkylation sites (N-methyl/N-ethyl adjacent to an activating group) is 1. The Morgan fingerprint density at radius 2 is 1.92 bits per heavy atom. The number of nitrogens with one attached hydrogen (secondary N) is 2. The van der Waals surface area contributed by atoms with Gasteiger partial charge in [-0.2, -0.15) is 5.26 Å². The van der Waals surface area contributed by atoms with E-state index in [2.05, 4.69) is 90.1 Å². The molecule has 5 heteroatoms. The Bertz CT molecular complexity index is 1290. The Morgan fingerprint density at radius 1 is 1.05 bits per heavy atom. The Balaban J connectivity index is 1.13. The number of nitriles is 1. The molecule has 5 rings (SSSR count). The minimum Gasteiger partial charge on any atom is -0.381 e. The molecule has 190 valence electrons. The molecule has 0 amide bonds. The number of rotatable bonds is 8. The van der Waals surface area contributed by atoms with E-state index in [1.165, 1.54) is 34.5 Å². The average Bonchev–Trinajstić information content (AvgIpc) is 3.09. The minimum absolute atomic E-state index is 0.317. The molecule has 2 heterocycles. The first-order valence-corrected chi connectivity index (χ1v) is 13.6. The van der Waals surface area contributed by atoms with Crippen LogP contribution in [0.2, 0.25) is 0 Å². The van der Waals surface area contributed by atoms with E-state index in [0.717, 1.165) is 62.5 Å². The van der Waals surface area contributed by atoms with Crippen LogP contribution >= 0.6 is 0 Å². The van der Waals surface area contributed by atoms with Crippen molar-refractivity contribution < 1.29 is 0 Å². The van der Waals surface area contributed by atoms with Gasteiger partial charge in [-0.1, -0.05) is 56.3 Å². The highest BCUT2D eigenvalue weighted by Gasteiger charge is 2.24. The van der Waals surface area contributed by atoms with Gasteiger partial charge < -0.3 is 10.6 Å². The quantitative estimate of drug-likeness (QED) is 0.492. The van der Waals surface area contributed by atoms with Gasteiger partial charge in [-0.15, -0.1) is 0 Å². The maximum atomic E-state index is 9.28. The number of nitrogens with zero attached hydrogens (tertiary/aromatic N) is 3. The van der Waals surface area contributed by atoms with Crippen molar-refractivity contribution in [1.82, 2.24) is 10.2 Å². The van der Waals surface area contributed by atoms with Gasteiger partial charge in [-0.3, -0.25) is 9.89 Å². The minimum atomic E-state index is 0.317. The molecule has 2 aromatic rings. The third kappa shape index (κ3) is 6.28. The van der Waals surface area contributed by atoms with Crippen molar-refractivity contribution in [3.8, 4) is 6.07 Å². The summed E-state index contributed by atoms with van der Waals surface area (Å²) in [7, 11) is 0. The molecule has 0 aromatic heterocycles. The van der Waals surface area contributed by atoms with E-state index in [1.807, 2.05) is 12.2 Å². The summed E-state index contributed by atoms with van der Waals surface area (Å²) in [4.78, 5) is 7.41. The molecule has 0 bridgehead atoms. The number of allylic oxidation sites excluding steroid dienone is 5. The Kier molecular flexibility index (Phi) is 7.99. The van der Waals surface area contributed by atoms with Crippen molar-refractivity contribution in [3.05, 3.63) is 100 Å². The van der Waals surface area contributed by atoms with E-state index in [4.69, 9.17) is 4.99 Å². The summed E-state index contributed by atoms with van der Waals surface area (Å²) in [5.74, 6) is 0.675. The highest BCUT2D eigenvalue weighted by Crippen LogP contribution is 2.29. The molecule has 2 aromatic carbocycles. The SMILES string of the molecule is CCN1CCc2ccc(NCc3cccc(CNCC4=CCC5C(=N4)C=CC(C#N)=CC5C)c3)cc2C1. The lowest BCUT2D eigenvalue weighted by Crippen LogP contribution is -2.30. The van der Waals surface area contributed by atoms with Gasteiger partial charge in [0.2, 0.25) is 0 Å². The summed E-state index contributed by atoms with van der Waals surface area (Å²) in [6.45, 7) is 10.1. The number of benzene rings is 2. The van der Waals surface area contributed by atoms with E-state index < -0.39 is 0 Å². The Morgan fingerprint density at radius 3 is 2.76 bits per heavy atom. The Labute approximate surface area is 221 Å². The predicted molar refractivity (Wildman–Crippen MR) is 152 cm³/mol. The van der Waals surface area contributed by atoms with Crippen molar-refractivity contribution in [2.24, 2.45) is 16.8 Å². The molecular formula is C32H37N5. The zero-order valence-corrected chi connectivity index (χ0v) is 22.0. The summed E-state index contributed by atoms with van der Waals surface area (Å²) >= 11 is 0. The lowest BCUT2D eigenvalue weighted by molar-refractivity contribution is 0.268. The number of hydrogen-bond donors (Lipinski definition) is 2. The molecule has 0 fully saturated rings. The lowest BCUT2D eigenvalue weighted by Gasteiger charge is -2.28. The molecule has 0 radical (unpaired) electrons. The van der Waals surface area contributed by atoms with Gasteiger partial charge in [0.05, 0.1) is 11.8 Å². The van der Waals surface area contributed by atoms with E-state index in [9.17, 15) is 5.26 Å². The molecule has 2 atom stereocenters. The van der Waals surface area contributed by atoms with Gasteiger partial charge in [0.15, 0.2) is 0 Å². The third-order valence-corrected chi connectivity index (χ3v) is 7.77. The summed E-state index contributed by atoms with van der Waals surface area (Å²) in [5.41, 5.74) is 9.60. The van der Waals surface area contributed by atoms with Crippen LogP contribution < -0.4 is 10.6 Å². The molecule has 2 aliphatic heterocycles. The number of anilines is 1. The normalized spacial score (nSPS) is 21.1. The maximum absolute atomic E-state index is 9.28. The van der Waals surface area contributed by atoms with Gasteiger partial charge >= 0.3 is 0 Å². The number of aliphatic imine (C=N–C) groups is 1. The van der Waals surface area contributed by atoms with E-state index >= 15 is 0 Å². The van der Waals surface area contributed by atoms with Crippen LogP contribution in [-0.4, -0.2) is 30.2 Å². The molecule has 5 nitrogen and oxygen atoms in total. The number of hydrogen-bond acceptors (Lipinski definition) is 5. The second-order valence-corrected chi connectivity index (χ2v) is 10.4. The van der Waals surface area contributed by atoms with Gasteiger partial charge in [0.25, 0.3) is 0 Å². The Hall–Kier alpha value is -3.46. The van der Waals surface area contributed by atoms with Gasteiger partial charge in [0, 0.05) is 55.6 Å². The molecule has 2 N–H and O–H groups in total. The van der Waals surface area contributed by atoms with Crippen LogP contribution in [0, 0.1) is 23.2 Å². The van der Waals surface area contributed by atoms with Crippen LogP contribution in [-0.2, 0) is 26.1 Å². The molecule has 37 heavy (non-hydrogen) atoms. The number of fused-ring (bicyclic) bond motifs is 2. The van der Waals surface area contributed by atoms with Crippen molar-refractivity contribution in [3.63, 3.8) is 0 Å². The summed E-state index contributed by atoms with van der Waals surface area (Å²) in [5, 5.41) is 16.5.